The van der Waals surface area contributed by atoms with E-state index in [0.717, 1.165) is 45.0 Å². The van der Waals surface area contributed by atoms with Crippen LogP contribution in [-0.4, -0.2) is 49.5 Å². The quantitative estimate of drug-likeness (QED) is 0.559. The average Bonchev–Trinajstić information content (AvgIpc) is 3.24. The van der Waals surface area contributed by atoms with Crippen LogP contribution in [0, 0.1) is 5.41 Å². The highest BCUT2D eigenvalue weighted by molar-refractivity contribution is 5.81. The topological polar surface area (TPSA) is 56.7 Å². The Hall–Kier alpha value is -1.26. The first kappa shape index (κ1) is 18.1. The molecule has 2 fully saturated rings. The minimum atomic E-state index is 0.270. The molecule has 2 rings (SSSR count). The molecule has 2 aliphatic rings. The highest BCUT2D eigenvalue weighted by atomic mass is 16.2. The number of carbonyl (C=O) groups excluding carboxylic acids is 1. The van der Waals surface area contributed by atoms with Gasteiger partial charge in [0.25, 0.3) is 0 Å². The Labute approximate surface area is 141 Å². The molecule has 1 heterocycles. The number of amides is 1. The standard InChI is InChI=1S/C18H34N4O/c1-3-18(10-5-6-11-18)15-21-17(19-4-2)20-12-9-16(23)22-13-7-8-14-22/h3-15H2,1-2H3,(H2,19,20,21). The summed E-state index contributed by atoms with van der Waals surface area (Å²) in [6.07, 6.45) is 9.38. The average molecular weight is 322 g/mol. The van der Waals surface area contributed by atoms with E-state index in [1.165, 1.54) is 32.1 Å². The van der Waals surface area contributed by atoms with Gasteiger partial charge < -0.3 is 15.5 Å². The molecule has 1 saturated carbocycles. The molecule has 0 bridgehead atoms. The summed E-state index contributed by atoms with van der Waals surface area (Å²) in [7, 11) is 0. The summed E-state index contributed by atoms with van der Waals surface area (Å²) in [6, 6.07) is 0. The number of carbonyl (C=O) groups is 1. The van der Waals surface area contributed by atoms with E-state index < -0.39 is 0 Å². The van der Waals surface area contributed by atoms with Gasteiger partial charge >= 0.3 is 0 Å². The summed E-state index contributed by atoms with van der Waals surface area (Å²) in [6.45, 7) is 8.66. The Balaban J connectivity index is 1.78. The van der Waals surface area contributed by atoms with Crippen LogP contribution in [0.4, 0.5) is 0 Å². The zero-order valence-electron chi connectivity index (χ0n) is 15.0. The minimum Gasteiger partial charge on any atom is -0.357 e. The maximum absolute atomic E-state index is 12.1. The lowest BCUT2D eigenvalue weighted by Crippen LogP contribution is -2.40. The number of nitrogens with one attached hydrogen (secondary N) is 2. The van der Waals surface area contributed by atoms with E-state index in [0.29, 0.717) is 18.4 Å². The molecular formula is C18H34N4O. The molecule has 1 amide bonds. The lowest BCUT2D eigenvalue weighted by Gasteiger charge is -2.25. The number of guanidine groups is 1. The molecule has 0 aromatic heterocycles. The first-order valence-corrected chi connectivity index (χ1v) is 9.49. The van der Waals surface area contributed by atoms with E-state index in [1.807, 2.05) is 4.90 Å². The lowest BCUT2D eigenvalue weighted by atomic mass is 9.84. The Morgan fingerprint density at radius 1 is 1.09 bits per heavy atom. The van der Waals surface area contributed by atoms with E-state index in [9.17, 15) is 4.79 Å². The highest BCUT2D eigenvalue weighted by Crippen LogP contribution is 2.41. The van der Waals surface area contributed by atoms with Crippen molar-refractivity contribution in [3.8, 4) is 0 Å². The van der Waals surface area contributed by atoms with Gasteiger partial charge in [0.05, 0.1) is 0 Å². The molecule has 2 N–H and O–H groups in total. The second-order valence-corrected chi connectivity index (χ2v) is 7.02. The van der Waals surface area contributed by atoms with Crippen molar-refractivity contribution in [1.82, 2.24) is 15.5 Å². The fourth-order valence-corrected chi connectivity index (χ4v) is 3.75. The van der Waals surface area contributed by atoms with Gasteiger partial charge in [0.2, 0.25) is 5.91 Å². The maximum atomic E-state index is 12.1. The summed E-state index contributed by atoms with van der Waals surface area (Å²) < 4.78 is 0. The molecular weight excluding hydrogens is 288 g/mol. The second kappa shape index (κ2) is 9.14. The van der Waals surface area contributed by atoms with Crippen LogP contribution in [0.15, 0.2) is 4.99 Å². The summed E-state index contributed by atoms with van der Waals surface area (Å²) in [5.41, 5.74) is 0.410. The largest absolute Gasteiger partial charge is 0.357 e. The second-order valence-electron chi connectivity index (χ2n) is 7.02. The predicted molar refractivity (Wildman–Crippen MR) is 95.6 cm³/mol. The fourth-order valence-electron chi connectivity index (χ4n) is 3.75. The van der Waals surface area contributed by atoms with Gasteiger partial charge in [-0.15, -0.1) is 0 Å². The number of likely N-dealkylation sites (tertiary alicyclic amines) is 1. The lowest BCUT2D eigenvalue weighted by molar-refractivity contribution is -0.129. The van der Waals surface area contributed by atoms with Crippen LogP contribution in [-0.2, 0) is 4.79 Å². The molecule has 1 saturated heterocycles. The number of hydrogen-bond donors (Lipinski definition) is 2. The zero-order valence-corrected chi connectivity index (χ0v) is 15.0. The third-order valence-electron chi connectivity index (χ3n) is 5.42. The number of aliphatic imine (C=N–C) groups is 1. The van der Waals surface area contributed by atoms with E-state index in [2.05, 4.69) is 24.5 Å². The van der Waals surface area contributed by atoms with E-state index in [4.69, 9.17) is 4.99 Å². The van der Waals surface area contributed by atoms with Crippen LogP contribution in [0.2, 0.25) is 0 Å². The first-order valence-electron chi connectivity index (χ1n) is 9.49. The van der Waals surface area contributed by atoms with Gasteiger partial charge in [0, 0.05) is 39.1 Å². The molecule has 0 aromatic carbocycles. The molecule has 0 atom stereocenters. The van der Waals surface area contributed by atoms with Gasteiger partial charge in [-0.3, -0.25) is 9.79 Å². The predicted octanol–water partition coefficient (Wildman–Crippen LogP) is 2.52. The molecule has 1 aliphatic carbocycles. The maximum Gasteiger partial charge on any atom is 0.224 e. The van der Waals surface area contributed by atoms with Crippen molar-refractivity contribution >= 4 is 11.9 Å². The molecule has 23 heavy (non-hydrogen) atoms. The Morgan fingerprint density at radius 2 is 1.78 bits per heavy atom. The van der Waals surface area contributed by atoms with Crippen LogP contribution in [0.3, 0.4) is 0 Å². The van der Waals surface area contributed by atoms with E-state index in [1.54, 1.807) is 0 Å². The molecule has 0 unspecified atom stereocenters. The van der Waals surface area contributed by atoms with Gasteiger partial charge in [-0.2, -0.15) is 0 Å². The van der Waals surface area contributed by atoms with Crippen LogP contribution in [0.25, 0.3) is 0 Å². The Morgan fingerprint density at radius 3 is 2.39 bits per heavy atom. The van der Waals surface area contributed by atoms with Gasteiger partial charge in [-0.25, -0.2) is 0 Å². The van der Waals surface area contributed by atoms with Gasteiger partial charge in [-0.1, -0.05) is 19.8 Å². The molecule has 132 valence electrons. The van der Waals surface area contributed by atoms with Crippen LogP contribution >= 0.6 is 0 Å². The van der Waals surface area contributed by atoms with Crippen molar-refractivity contribution in [2.75, 3.05) is 32.7 Å². The molecule has 0 radical (unpaired) electrons. The van der Waals surface area contributed by atoms with Crippen molar-refractivity contribution < 1.29 is 4.79 Å². The summed E-state index contributed by atoms with van der Waals surface area (Å²) in [4.78, 5) is 18.9. The smallest absolute Gasteiger partial charge is 0.224 e. The van der Waals surface area contributed by atoms with Crippen LogP contribution in [0.5, 0.6) is 0 Å². The summed E-state index contributed by atoms with van der Waals surface area (Å²) in [5.74, 6) is 1.13. The van der Waals surface area contributed by atoms with Crippen LogP contribution in [0.1, 0.15) is 65.2 Å². The first-order chi connectivity index (χ1) is 11.2. The molecule has 0 aromatic rings. The van der Waals surface area contributed by atoms with Crippen molar-refractivity contribution in [2.24, 2.45) is 10.4 Å². The van der Waals surface area contributed by atoms with Crippen LogP contribution < -0.4 is 10.6 Å². The monoisotopic (exact) mass is 322 g/mol. The van der Waals surface area contributed by atoms with Crippen molar-refractivity contribution in [3.63, 3.8) is 0 Å². The molecule has 1 aliphatic heterocycles. The number of nitrogens with zero attached hydrogens (tertiary/aromatic N) is 2. The van der Waals surface area contributed by atoms with Crippen molar-refractivity contribution in [2.45, 2.75) is 65.2 Å². The number of hydrogen-bond acceptors (Lipinski definition) is 2. The van der Waals surface area contributed by atoms with Crippen molar-refractivity contribution in [1.29, 1.82) is 0 Å². The van der Waals surface area contributed by atoms with E-state index >= 15 is 0 Å². The summed E-state index contributed by atoms with van der Waals surface area (Å²) >= 11 is 0. The summed E-state index contributed by atoms with van der Waals surface area (Å²) in [5, 5.41) is 6.64. The number of rotatable bonds is 7. The van der Waals surface area contributed by atoms with Gasteiger partial charge in [0.15, 0.2) is 5.96 Å². The zero-order chi connectivity index (χ0) is 16.5. The Bertz CT molecular complexity index is 396. The van der Waals surface area contributed by atoms with E-state index in [-0.39, 0.29) is 5.91 Å². The molecule has 5 nitrogen and oxygen atoms in total. The molecule has 0 spiro atoms. The van der Waals surface area contributed by atoms with Gasteiger partial charge in [-0.05, 0) is 44.4 Å². The third kappa shape index (κ3) is 5.40. The third-order valence-corrected chi connectivity index (χ3v) is 5.42. The minimum absolute atomic E-state index is 0.270. The fraction of sp³-hybridized carbons (Fsp3) is 0.889. The van der Waals surface area contributed by atoms with Gasteiger partial charge in [0.1, 0.15) is 0 Å². The normalized spacial score (nSPS) is 20.8. The van der Waals surface area contributed by atoms with Crippen molar-refractivity contribution in [3.05, 3.63) is 0 Å². The molecule has 5 heteroatoms. The SMILES string of the molecule is CCNC(=NCC1(CC)CCCC1)NCCC(=O)N1CCCC1. The Kier molecular flexibility index (Phi) is 7.18. The highest BCUT2D eigenvalue weighted by Gasteiger charge is 2.31.